The Hall–Kier alpha value is -4.09. The number of nitrogens with zero attached hydrogens (tertiary/aromatic N) is 3. The predicted molar refractivity (Wildman–Crippen MR) is 162 cm³/mol. The normalized spacial score (nSPS) is 14.1. The van der Waals surface area contributed by atoms with Gasteiger partial charge in [0.05, 0.1) is 15.4 Å². The topological polar surface area (TPSA) is 96.5 Å². The van der Waals surface area contributed by atoms with Crippen molar-refractivity contribution in [2.75, 3.05) is 31.5 Å². The van der Waals surface area contributed by atoms with Gasteiger partial charge in [-0.1, -0.05) is 41.9 Å². The molecule has 1 saturated heterocycles. The Kier molecular flexibility index (Phi) is 8.03. The molecule has 2 heterocycles. The van der Waals surface area contributed by atoms with E-state index in [1.54, 1.807) is 36.4 Å². The molecule has 1 aliphatic heterocycles. The van der Waals surface area contributed by atoms with E-state index in [1.807, 2.05) is 36.4 Å². The molecule has 5 aromatic rings. The maximum absolute atomic E-state index is 13.5. The molecule has 214 valence electrons. The first-order valence-corrected chi connectivity index (χ1v) is 15.2. The van der Waals surface area contributed by atoms with Crippen LogP contribution in [0.5, 0.6) is 5.75 Å². The highest BCUT2D eigenvalue weighted by Gasteiger charge is 2.25. The van der Waals surface area contributed by atoms with Crippen molar-refractivity contribution < 1.29 is 17.5 Å². The van der Waals surface area contributed by atoms with Gasteiger partial charge in [0.2, 0.25) is 10.0 Å². The molecular formula is C31H27ClFN5O3S. The molecule has 0 atom stereocenters. The Labute approximate surface area is 248 Å². The lowest BCUT2D eigenvalue weighted by Crippen LogP contribution is -2.46. The number of aromatic nitrogens is 2. The minimum absolute atomic E-state index is 0.187. The number of rotatable bonds is 8. The van der Waals surface area contributed by atoms with Crippen LogP contribution in [0.1, 0.15) is 5.56 Å². The van der Waals surface area contributed by atoms with Crippen LogP contribution in [-0.4, -0.2) is 48.9 Å². The summed E-state index contributed by atoms with van der Waals surface area (Å²) in [6.07, 6.45) is 1.48. The number of piperazine rings is 1. The van der Waals surface area contributed by atoms with Crippen LogP contribution in [0.15, 0.2) is 96.2 Å². The zero-order valence-corrected chi connectivity index (χ0v) is 24.0. The number of hydrogen-bond donors (Lipinski definition) is 2. The van der Waals surface area contributed by atoms with Gasteiger partial charge < -0.3 is 15.4 Å². The fourth-order valence-corrected chi connectivity index (χ4v) is 6.49. The summed E-state index contributed by atoms with van der Waals surface area (Å²) in [6, 6.07) is 24.3. The van der Waals surface area contributed by atoms with Crippen LogP contribution in [0, 0.1) is 5.82 Å². The summed E-state index contributed by atoms with van der Waals surface area (Å²) in [5, 5.41) is 7.67. The highest BCUT2D eigenvalue weighted by molar-refractivity contribution is 7.89. The minimum Gasteiger partial charge on any atom is -0.487 e. The van der Waals surface area contributed by atoms with Gasteiger partial charge in [-0.2, -0.15) is 4.31 Å². The third-order valence-electron chi connectivity index (χ3n) is 7.01. The minimum atomic E-state index is -3.53. The van der Waals surface area contributed by atoms with Crippen molar-refractivity contribution in [3.8, 4) is 16.9 Å². The van der Waals surface area contributed by atoms with Gasteiger partial charge in [-0.05, 0) is 71.3 Å². The van der Waals surface area contributed by atoms with Crippen molar-refractivity contribution >= 4 is 44.0 Å². The van der Waals surface area contributed by atoms with Crippen molar-refractivity contribution in [3.05, 3.63) is 108 Å². The van der Waals surface area contributed by atoms with E-state index in [4.69, 9.17) is 16.3 Å². The van der Waals surface area contributed by atoms with Crippen molar-refractivity contribution in [3.63, 3.8) is 0 Å². The number of sulfonamides is 1. The monoisotopic (exact) mass is 603 g/mol. The van der Waals surface area contributed by atoms with E-state index in [2.05, 4.69) is 20.6 Å². The molecule has 8 nitrogen and oxygen atoms in total. The van der Waals surface area contributed by atoms with Gasteiger partial charge in [-0.25, -0.2) is 22.8 Å². The zero-order valence-electron chi connectivity index (χ0n) is 22.4. The Morgan fingerprint density at radius 1 is 0.929 bits per heavy atom. The van der Waals surface area contributed by atoms with E-state index in [0.29, 0.717) is 54.0 Å². The molecule has 6 rings (SSSR count). The second-order valence-corrected chi connectivity index (χ2v) is 12.2. The van der Waals surface area contributed by atoms with Gasteiger partial charge in [-0.3, -0.25) is 0 Å². The standard InChI is InChI=1S/C31H27ClFN5O3S/c32-28-18-25(7-11-30(28)41-19-21-2-1-3-24(33)16-21)37-31-27-17-23(6-10-29(27)35-20-36-31)22-4-8-26(9-5-22)42(39,40)38-14-12-34-13-15-38/h1-11,16-18,20,34H,12-15,19H2,(H,35,36,37). The van der Waals surface area contributed by atoms with Crippen molar-refractivity contribution in [1.29, 1.82) is 0 Å². The fraction of sp³-hybridized carbons (Fsp3) is 0.161. The Morgan fingerprint density at radius 2 is 1.71 bits per heavy atom. The molecule has 0 radical (unpaired) electrons. The summed E-state index contributed by atoms with van der Waals surface area (Å²) in [4.78, 5) is 9.12. The predicted octanol–water partition coefficient (Wildman–Crippen LogP) is 6.01. The molecule has 0 bridgehead atoms. The lowest BCUT2D eigenvalue weighted by molar-refractivity contribution is 0.306. The number of anilines is 2. The fourth-order valence-electron chi connectivity index (χ4n) is 4.81. The second-order valence-electron chi connectivity index (χ2n) is 9.82. The van der Waals surface area contributed by atoms with Gasteiger partial charge in [-0.15, -0.1) is 0 Å². The van der Waals surface area contributed by atoms with Gasteiger partial charge in [0.15, 0.2) is 0 Å². The molecule has 1 fully saturated rings. The Bertz CT molecular complexity index is 1850. The molecule has 0 amide bonds. The van der Waals surface area contributed by atoms with Gasteiger partial charge in [0.25, 0.3) is 0 Å². The smallest absolute Gasteiger partial charge is 0.243 e. The molecule has 1 aliphatic rings. The van der Waals surface area contributed by atoms with Crippen LogP contribution >= 0.6 is 11.6 Å². The van der Waals surface area contributed by atoms with E-state index in [-0.39, 0.29) is 17.3 Å². The average Bonchev–Trinajstić information content (AvgIpc) is 3.01. The van der Waals surface area contributed by atoms with Crippen LogP contribution in [0.4, 0.5) is 15.9 Å². The van der Waals surface area contributed by atoms with Crippen LogP contribution in [0.25, 0.3) is 22.0 Å². The first-order valence-electron chi connectivity index (χ1n) is 13.4. The molecule has 42 heavy (non-hydrogen) atoms. The van der Waals surface area contributed by atoms with E-state index >= 15 is 0 Å². The quantitative estimate of drug-likeness (QED) is 0.224. The molecule has 2 N–H and O–H groups in total. The van der Waals surface area contributed by atoms with Crippen LogP contribution in [0.2, 0.25) is 5.02 Å². The summed E-state index contributed by atoms with van der Waals surface area (Å²) in [5.41, 5.74) is 3.91. The van der Waals surface area contributed by atoms with E-state index < -0.39 is 10.0 Å². The molecule has 11 heteroatoms. The second kappa shape index (κ2) is 12.0. The highest BCUT2D eigenvalue weighted by Crippen LogP contribution is 2.33. The Balaban J connectivity index is 1.21. The van der Waals surface area contributed by atoms with E-state index in [1.165, 1.54) is 22.8 Å². The summed E-state index contributed by atoms with van der Waals surface area (Å²) in [7, 11) is -3.53. The first-order chi connectivity index (χ1) is 20.4. The van der Waals surface area contributed by atoms with Gasteiger partial charge in [0, 0.05) is 37.3 Å². The summed E-state index contributed by atoms with van der Waals surface area (Å²) < 4.78 is 46.8. The lowest BCUT2D eigenvalue weighted by atomic mass is 10.0. The Morgan fingerprint density at radius 3 is 2.48 bits per heavy atom. The maximum atomic E-state index is 13.5. The SMILES string of the molecule is O=S(=O)(c1ccc(-c2ccc3ncnc(Nc4ccc(OCc5cccc(F)c5)c(Cl)c4)c3c2)cc1)N1CCNCC1. The molecule has 0 aliphatic carbocycles. The molecule has 1 aromatic heterocycles. The number of ether oxygens (including phenoxy) is 1. The molecule has 0 unspecified atom stereocenters. The third-order valence-corrected chi connectivity index (χ3v) is 9.22. The highest BCUT2D eigenvalue weighted by atomic mass is 35.5. The molecule has 0 saturated carbocycles. The third kappa shape index (κ3) is 6.07. The summed E-state index contributed by atoms with van der Waals surface area (Å²) in [5.74, 6) is 0.741. The van der Waals surface area contributed by atoms with Crippen molar-refractivity contribution in [1.82, 2.24) is 19.6 Å². The number of benzene rings is 4. The molecule has 4 aromatic carbocycles. The molecular weight excluding hydrogens is 577 g/mol. The average molecular weight is 604 g/mol. The van der Waals surface area contributed by atoms with Crippen LogP contribution in [0.3, 0.4) is 0 Å². The number of nitrogens with one attached hydrogen (secondary N) is 2. The first kappa shape index (κ1) is 28.0. The van der Waals surface area contributed by atoms with Gasteiger partial charge >= 0.3 is 0 Å². The lowest BCUT2D eigenvalue weighted by Gasteiger charge is -2.26. The summed E-state index contributed by atoms with van der Waals surface area (Å²) >= 11 is 6.49. The van der Waals surface area contributed by atoms with Crippen LogP contribution < -0.4 is 15.4 Å². The van der Waals surface area contributed by atoms with E-state index in [9.17, 15) is 12.8 Å². The number of fused-ring (bicyclic) bond motifs is 1. The summed E-state index contributed by atoms with van der Waals surface area (Å²) in [6.45, 7) is 2.40. The van der Waals surface area contributed by atoms with E-state index in [0.717, 1.165) is 22.0 Å². The number of halogens is 2. The van der Waals surface area contributed by atoms with Crippen molar-refractivity contribution in [2.24, 2.45) is 0 Å². The van der Waals surface area contributed by atoms with Crippen LogP contribution in [-0.2, 0) is 16.6 Å². The largest absolute Gasteiger partial charge is 0.487 e. The molecule has 0 spiro atoms. The van der Waals surface area contributed by atoms with Gasteiger partial charge in [0.1, 0.15) is 30.3 Å². The number of hydrogen-bond acceptors (Lipinski definition) is 7. The maximum Gasteiger partial charge on any atom is 0.243 e. The zero-order chi connectivity index (χ0) is 29.1. The van der Waals surface area contributed by atoms with Crippen molar-refractivity contribution in [2.45, 2.75) is 11.5 Å².